The van der Waals surface area contributed by atoms with Crippen LogP contribution in [0.15, 0.2) is 27.5 Å². The average Bonchev–Trinajstić information content (AvgIpc) is 2.75. The summed E-state index contributed by atoms with van der Waals surface area (Å²) in [6.45, 7) is 3.44. The predicted octanol–water partition coefficient (Wildman–Crippen LogP) is 2.30. The van der Waals surface area contributed by atoms with E-state index in [0.717, 1.165) is 0 Å². The van der Waals surface area contributed by atoms with Crippen molar-refractivity contribution >= 4 is 21.6 Å². The fourth-order valence-electron chi connectivity index (χ4n) is 1.64. The highest BCUT2D eigenvalue weighted by molar-refractivity contribution is 7.89. The molecule has 0 aliphatic rings. The number of hydrogen-bond donors (Lipinski definition) is 1. The molecule has 6 nitrogen and oxygen atoms in total. The van der Waals surface area contributed by atoms with Crippen LogP contribution in [0.3, 0.4) is 0 Å². The maximum absolute atomic E-state index is 12.2. The molecule has 21 heavy (non-hydrogen) atoms. The number of benzene rings is 1. The molecule has 1 heterocycles. The molecule has 0 aliphatic heterocycles. The first-order valence-corrected chi connectivity index (χ1v) is 7.82. The number of aromatic nitrogens is 1. The van der Waals surface area contributed by atoms with Crippen molar-refractivity contribution in [1.29, 1.82) is 5.26 Å². The molecule has 0 bridgehead atoms. The minimum absolute atomic E-state index is 0.0127. The second kappa shape index (κ2) is 5.85. The van der Waals surface area contributed by atoms with Gasteiger partial charge in [0.25, 0.3) is 0 Å². The van der Waals surface area contributed by atoms with Crippen molar-refractivity contribution in [3.8, 4) is 6.07 Å². The van der Waals surface area contributed by atoms with Crippen LogP contribution in [0.25, 0.3) is 0 Å². The van der Waals surface area contributed by atoms with E-state index in [2.05, 4.69) is 9.71 Å². The van der Waals surface area contributed by atoms with E-state index in [9.17, 15) is 8.42 Å². The van der Waals surface area contributed by atoms with Gasteiger partial charge in [-0.1, -0.05) is 11.6 Å². The van der Waals surface area contributed by atoms with Crippen LogP contribution in [0.5, 0.6) is 0 Å². The summed E-state index contributed by atoms with van der Waals surface area (Å²) in [5, 5.41) is 8.73. The van der Waals surface area contributed by atoms with Crippen molar-refractivity contribution < 1.29 is 12.8 Å². The number of halogens is 1. The lowest BCUT2D eigenvalue weighted by Crippen LogP contribution is -2.23. The highest BCUT2D eigenvalue weighted by Gasteiger charge is 2.19. The molecule has 2 rings (SSSR count). The molecule has 0 radical (unpaired) electrons. The molecule has 0 spiro atoms. The molecular weight excluding hydrogens is 314 g/mol. The first-order valence-electron chi connectivity index (χ1n) is 5.95. The molecule has 110 valence electrons. The van der Waals surface area contributed by atoms with E-state index < -0.39 is 10.0 Å². The molecule has 0 saturated heterocycles. The Labute approximate surface area is 127 Å². The Hall–Kier alpha value is -1.88. The summed E-state index contributed by atoms with van der Waals surface area (Å²) >= 11 is 5.89. The van der Waals surface area contributed by atoms with Crippen molar-refractivity contribution in [2.45, 2.75) is 25.3 Å². The summed E-state index contributed by atoms with van der Waals surface area (Å²) < 4.78 is 32.0. The van der Waals surface area contributed by atoms with E-state index in [1.165, 1.54) is 18.2 Å². The van der Waals surface area contributed by atoms with Crippen molar-refractivity contribution in [1.82, 2.24) is 9.71 Å². The van der Waals surface area contributed by atoms with Crippen LogP contribution in [0.4, 0.5) is 0 Å². The summed E-state index contributed by atoms with van der Waals surface area (Å²) in [6.07, 6.45) is 0. The van der Waals surface area contributed by atoms with Gasteiger partial charge in [-0.2, -0.15) is 5.26 Å². The van der Waals surface area contributed by atoms with Gasteiger partial charge in [-0.15, -0.1) is 0 Å². The van der Waals surface area contributed by atoms with E-state index >= 15 is 0 Å². The molecule has 0 aliphatic carbocycles. The molecule has 8 heteroatoms. The van der Waals surface area contributed by atoms with Crippen LogP contribution in [-0.2, 0) is 16.6 Å². The Morgan fingerprint density at radius 3 is 2.67 bits per heavy atom. The monoisotopic (exact) mass is 325 g/mol. The second-order valence-corrected chi connectivity index (χ2v) is 6.47. The first kappa shape index (κ1) is 15.5. The highest BCUT2D eigenvalue weighted by Crippen LogP contribution is 2.22. The molecule has 1 aromatic heterocycles. The number of nitrogens with zero attached hydrogens (tertiary/aromatic N) is 2. The molecule has 2 aromatic rings. The fourth-order valence-corrected chi connectivity index (χ4v) is 3.15. The first-order chi connectivity index (χ1) is 9.83. The predicted molar refractivity (Wildman–Crippen MR) is 76.2 cm³/mol. The molecule has 1 N–H and O–H groups in total. The van der Waals surface area contributed by atoms with Crippen molar-refractivity contribution in [2.24, 2.45) is 0 Å². The van der Waals surface area contributed by atoms with E-state index in [-0.39, 0.29) is 27.9 Å². The molecule has 0 unspecified atom stereocenters. The van der Waals surface area contributed by atoms with Crippen molar-refractivity contribution in [3.05, 3.63) is 46.1 Å². The van der Waals surface area contributed by atoms with Gasteiger partial charge in [0, 0.05) is 0 Å². The van der Waals surface area contributed by atoms with Gasteiger partial charge in [0.2, 0.25) is 15.9 Å². The van der Waals surface area contributed by atoms with Crippen LogP contribution in [0.2, 0.25) is 5.02 Å². The molecule has 1 aromatic carbocycles. The zero-order valence-corrected chi connectivity index (χ0v) is 12.9. The van der Waals surface area contributed by atoms with Gasteiger partial charge in [-0.3, -0.25) is 0 Å². The third-order valence-corrected chi connectivity index (χ3v) is 4.72. The Kier molecular flexibility index (Phi) is 4.32. The van der Waals surface area contributed by atoms with Crippen LogP contribution in [0, 0.1) is 25.2 Å². The average molecular weight is 326 g/mol. The lowest BCUT2D eigenvalue weighted by molar-refractivity contribution is 0.463. The van der Waals surface area contributed by atoms with E-state index in [4.69, 9.17) is 21.3 Å². The molecular formula is C13H12ClN3O3S. The van der Waals surface area contributed by atoms with Gasteiger partial charge in [0.05, 0.1) is 28.9 Å². The highest BCUT2D eigenvalue weighted by atomic mass is 35.5. The third-order valence-electron chi connectivity index (χ3n) is 2.84. The van der Waals surface area contributed by atoms with Gasteiger partial charge in [-0.05, 0) is 32.0 Å². The maximum Gasteiger partial charge on any atom is 0.242 e. The summed E-state index contributed by atoms with van der Waals surface area (Å²) in [7, 11) is -3.81. The Bertz CT molecular complexity index is 802. The number of nitrogens with one attached hydrogen (secondary N) is 1. The van der Waals surface area contributed by atoms with Gasteiger partial charge in [0.15, 0.2) is 0 Å². The van der Waals surface area contributed by atoms with Crippen LogP contribution in [-0.4, -0.2) is 13.4 Å². The smallest absolute Gasteiger partial charge is 0.242 e. The SMILES string of the molecule is Cc1nc(CNS(=O)(=O)c2ccc(C#N)cc2Cl)oc1C. The lowest BCUT2D eigenvalue weighted by atomic mass is 10.2. The van der Waals surface area contributed by atoms with Gasteiger partial charge in [-0.25, -0.2) is 18.1 Å². The van der Waals surface area contributed by atoms with E-state index in [0.29, 0.717) is 11.5 Å². The second-order valence-electron chi connectivity index (χ2n) is 4.33. The number of aryl methyl sites for hydroxylation is 2. The third kappa shape index (κ3) is 3.42. The number of nitriles is 1. The largest absolute Gasteiger partial charge is 0.444 e. The summed E-state index contributed by atoms with van der Waals surface area (Å²) in [4.78, 5) is 3.99. The Morgan fingerprint density at radius 1 is 1.43 bits per heavy atom. The maximum atomic E-state index is 12.2. The number of oxazole rings is 1. The normalized spacial score (nSPS) is 11.3. The Morgan fingerprint density at radius 2 is 2.14 bits per heavy atom. The standard InChI is InChI=1S/C13H12ClN3O3S/c1-8-9(2)20-13(17-8)7-16-21(18,19)12-4-3-10(6-15)5-11(12)14/h3-5,16H,7H2,1-2H3. The zero-order chi connectivity index (χ0) is 15.6. The minimum Gasteiger partial charge on any atom is -0.444 e. The Balaban J connectivity index is 2.21. The summed E-state index contributed by atoms with van der Waals surface area (Å²) in [5.74, 6) is 0.916. The summed E-state index contributed by atoms with van der Waals surface area (Å²) in [6, 6.07) is 5.87. The number of hydrogen-bond acceptors (Lipinski definition) is 5. The topological polar surface area (TPSA) is 96.0 Å². The molecule has 0 fully saturated rings. The quantitative estimate of drug-likeness (QED) is 0.930. The van der Waals surface area contributed by atoms with E-state index in [1.807, 2.05) is 6.07 Å². The van der Waals surface area contributed by atoms with Crippen LogP contribution < -0.4 is 4.72 Å². The molecule has 0 atom stereocenters. The van der Waals surface area contributed by atoms with Crippen molar-refractivity contribution in [3.63, 3.8) is 0 Å². The van der Waals surface area contributed by atoms with Crippen LogP contribution >= 0.6 is 11.6 Å². The van der Waals surface area contributed by atoms with Crippen LogP contribution in [0.1, 0.15) is 22.9 Å². The van der Waals surface area contributed by atoms with Gasteiger partial charge < -0.3 is 4.42 Å². The lowest BCUT2D eigenvalue weighted by Gasteiger charge is -2.07. The van der Waals surface area contributed by atoms with Gasteiger partial charge >= 0.3 is 0 Å². The minimum atomic E-state index is -3.81. The zero-order valence-electron chi connectivity index (χ0n) is 11.3. The molecule has 0 amide bonds. The van der Waals surface area contributed by atoms with Crippen molar-refractivity contribution in [2.75, 3.05) is 0 Å². The van der Waals surface area contributed by atoms with Gasteiger partial charge in [0.1, 0.15) is 10.7 Å². The summed E-state index contributed by atoms with van der Waals surface area (Å²) in [5.41, 5.74) is 0.999. The number of rotatable bonds is 4. The van der Waals surface area contributed by atoms with E-state index in [1.54, 1.807) is 13.8 Å². The molecule has 0 saturated carbocycles. The fraction of sp³-hybridized carbons (Fsp3) is 0.231. The number of sulfonamides is 1.